The highest BCUT2D eigenvalue weighted by atomic mass is 35.5. The highest BCUT2D eigenvalue weighted by Gasteiger charge is 2.35. The fourth-order valence-electron chi connectivity index (χ4n) is 3.09. The molecule has 7 nitrogen and oxygen atoms in total. The van der Waals surface area contributed by atoms with Gasteiger partial charge < -0.3 is 14.4 Å². The minimum absolute atomic E-state index is 0.0583. The van der Waals surface area contributed by atoms with Gasteiger partial charge in [0, 0.05) is 18.5 Å². The first-order valence-corrected chi connectivity index (χ1v) is 9.96. The van der Waals surface area contributed by atoms with Crippen LogP contribution in [0.4, 0.5) is 13.6 Å². The number of carbonyl (C=O) groups excluding carboxylic acids is 1. The molecule has 1 aliphatic heterocycles. The standard InChI is InChI=1S/C21H21ClF2N4O3/c1-21(2,3)31-20(29)28-7-6-17(15(24)11-28)30-16-5-4-12(8-13(16)9-25)18-14(23)10-26-19(22)27-18/h4-5,8,10,15,17H,6-7,11H2,1-3H3/t15-,17+/m1/s1. The minimum Gasteiger partial charge on any atom is -0.486 e. The summed E-state index contributed by atoms with van der Waals surface area (Å²) in [5.74, 6) is -0.537. The van der Waals surface area contributed by atoms with E-state index in [1.54, 1.807) is 20.8 Å². The monoisotopic (exact) mass is 450 g/mol. The first-order valence-electron chi connectivity index (χ1n) is 9.58. The van der Waals surface area contributed by atoms with Crippen molar-refractivity contribution in [3.05, 3.63) is 41.1 Å². The van der Waals surface area contributed by atoms with Crippen LogP contribution in [0.2, 0.25) is 5.28 Å². The van der Waals surface area contributed by atoms with Gasteiger partial charge in [-0.1, -0.05) is 0 Å². The number of nitrogens with zero attached hydrogens (tertiary/aromatic N) is 4. The van der Waals surface area contributed by atoms with Gasteiger partial charge in [0.1, 0.15) is 29.2 Å². The summed E-state index contributed by atoms with van der Waals surface area (Å²) in [6, 6.07) is 6.31. The van der Waals surface area contributed by atoms with Gasteiger partial charge >= 0.3 is 6.09 Å². The third kappa shape index (κ3) is 5.58. The molecule has 0 aliphatic carbocycles. The van der Waals surface area contributed by atoms with Crippen LogP contribution in [-0.4, -0.2) is 51.9 Å². The number of amides is 1. The predicted molar refractivity (Wildman–Crippen MR) is 109 cm³/mol. The Morgan fingerprint density at radius 1 is 1.39 bits per heavy atom. The van der Waals surface area contributed by atoms with Crippen molar-refractivity contribution in [2.45, 2.75) is 45.1 Å². The molecule has 1 aromatic heterocycles. The molecule has 0 spiro atoms. The maximum absolute atomic E-state index is 14.7. The summed E-state index contributed by atoms with van der Waals surface area (Å²) in [5.41, 5.74) is -0.333. The van der Waals surface area contributed by atoms with Gasteiger partial charge in [-0.3, -0.25) is 0 Å². The van der Waals surface area contributed by atoms with Crippen LogP contribution in [0, 0.1) is 17.1 Å². The fraction of sp³-hybridized carbons (Fsp3) is 0.429. The molecule has 2 atom stereocenters. The largest absolute Gasteiger partial charge is 0.486 e. The molecule has 0 saturated carbocycles. The molecule has 1 saturated heterocycles. The van der Waals surface area contributed by atoms with Crippen LogP contribution in [0.25, 0.3) is 11.3 Å². The second-order valence-corrected chi connectivity index (χ2v) is 8.38. The van der Waals surface area contributed by atoms with E-state index in [9.17, 15) is 18.8 Å². The Balaban J connectivity index is 1.73. The molecule has 1 amide bonds. The molecule has 10 heteroatoms. The lowest BCUT2D eigenvalue weighted by molar-refractivity contribution is -0.0106. The second kappa shape index (κ2) is 9.02. The molecule has 2 heterocycles. The highest BCUT2D eigenvalue weighted by Crippen LogP contribution is 2.30. The third-order valence-electron chi connectivity index (χ3n) is 4.50. The summed E-state index contributed by atoms with van der Waals surface area (Å²) < 4.78 is 39.8. The topological polar surface area (TPSA) is 88.3 Å². The van der Waals surface area contributed by atoms with Gasteiger partial charge in [-0.05, 0) is 50.6 Å². The number of alkyl halides is 1. The van der Waals surface area contributed by atoms with Crippen molar-refractivity contribution >= 4 is 17.7 Å². The maximum atomic E-state index is 14.7. The van der Waals surface area contributed by atoms with Crippen LogP contribution in [-0.2, 0) is 4.74 Å². The molecule has 0 bridgehead atoms. The Hall–Kier alpha value is -2.99. The Labute approximate surface area is 183 Å². The van der Waals surface area contributed by atoms with E-state index < -0.39 is 29.8 Å². The number of nitriles is 1. The zero-order valence-electron chi connectivity index (χ0n) is 17.2. The summed E-state index contributed by atoms with van der Waals surface area (Å²) in [6.07, 6.45) is -1.73. The summed E-state index contributed by atoms with van der Waals surface area (Å²) in [7, 11) is 0. The highest BCUT2D eigenvalue weighted by molar-refractivity contribution is 6.28. The summed E-state index contributed by atoms with van der Waals surface area (Å²) >= 11 is 5.73. The van der Waals surface area contributed by atoms with E-state index in [4.69, 9.17) is 21.1 Å². The van der Waals surface area contributed by atoms with E-state index in [1.807, 2.05) is 6.07 Å². The van der Waals surface area contributed by atoms with Gasteiger partial charge in [0.15, 0.2) is 12.0 Å². The summed E-state index contributed by atoms with van der Waals surface area (Å²) in [5, 5.41) is 9.35. The lowest BCUT2D eigenvalue weighted by Crippen LogP contribution is -2.50. The number of aromatic nitrogens is 2. The van der Waals surface area contributed by atoms with Crippen molar-refractivity contribution in [2.24, 2.45) is 0 Å². The van der Waals surface area contributed by atoms with Crippen LogP contribution in [0.15, 0.2) is 24.4 Å². The van der Waals surface area contributed by atoms with Crippen LogP contribution in [0.1, 0.15) is 32.8 Å². The molecular formula is C21H21ClF2N4O3. The van der Waals surface area contributed by atoms with E-state index >= 15 is 0 Å². The zero-order valence-corrected chi connectivity index (χ0v) is 18.0. The number of likely N-dealkylation sites (tertiary alicyclic amines) is 1. The number of rotatable bonds is 3. The summed E-state index contributed by atoms with van der Waals surface area (Å²) in [6.45, 7) is 5.29. The Kier molecular flexibility index (Phi) is 6.60. The lowest BCUT2D eigenvalue weighted by Gasteiger charge is -2.35. The van der Waals surface area contributed by atoms with Gasteiger partial charge in [-0.15, -0.1) is 0 Å². The molecule has 164 valence electrons. The second-order valence-electron chi connectivity index (χ2n) is 8.05. The molecular weight excluding hydrogens is 430 g/mol. The summed E-state index contributed by atoms with van der Waals surface area (Å²) in [4.78, 5) is 20.9. The molecule has 3 rings (SSSR count). The predicted octanol–water partition coefficient (Wildman–Crippen LogP) is 4.53. The van der Waals surface area contributed by atoms with Crippen molar-refractivity contribution in [1.29, 1.82) is 5.26 Å². The quantitative estimate of drug-likeness (QED) is 0.638. The van der Waals surface area contributed by atoms with Gasteiger partial charge in [0.25, 0.3) is 0 Å². The van der Waals surface area contributed by atoms with Crippen molar-refractivity contribution < 1.29 is 23.0 Å². The van der Waals surface area contributed by atoms with Gasteiger partial charge in [-0.25, -0.2) is 23.5 Å². The van der Waals surface area contributed by atoms with E-state index in [1.165, 1.54) is 23.1 Å². The third-order valence-corrected chi connectivity index (χ3v) is 4.68. The molecule has 1 fully saturated rings. The van der Waals surface area contributed by atoms with E-state index in [0.29, 0.717) is 5.56 Å². The molecule has 1 aromatic carbocycles. The first-order chi connectivity index (χ1) is 14.6. The van der Waals surface area contributed by atoms with E-state index in [0.717, 1.165) is 6.20 Å². The van der Waals surface area contributed by atoms with Gasteiger partial charge in [0.05, 0.1) is 18.3 Å². The Morgan fingerprint density at radius 3 is 2.77 bits per heavy atom. The zero-order chi connectivity index (χ0) is 22.8. The average Bonchev–Trinajstić information content (AvgIpc) is 2.70. The van der Waals surface area contributed by atoms with Crippen LogP contribution in [0.5, 0.6) is 5.75 Å². The Morgan fingerprint density at radius 2 is 2.13 bits per heavy atom. The normalized spacial score (nSPS) is 18.9. The SMILES string of the molecule is CC(C)(C)OC(=O)N1CC[C@H](Oc2ccc(-c3nc(Cl)ncc3F)cc2C#N)[C@H](F)C1. The van der Waals surface area contributed by atoms with E-state index in [-0.39, 0.29) is 41.8 Å². The number of hydrogen-bond acceptors (Lipinski definition) is 6. The smallest absolute Gasteiger partial charge is 0.410 e. The number of benzene rings is 1. The molecule has 0 unspecified atom stereocenters. The molecule has 2 aromatic rings. The van der Waals surface area contributed by atoms with Crippen molar-refractivity contribution in [2.75, 3.05) is 13.1 Å². The van der Waals surface area contributed by atoms with Crippen molar-refractivity contribution in [1.82, 2.24) is 14.9 Å². The van der Waals surface area contributed by atoms with E-state index in [2.05, 4.69) is 9.97 Å². The first kappa shape index (κ1) is 22.7. The molecule has 0 radical (unpaired) electrons. The molecule has 1 aliphatic rings. The van der Waals surface area contributed by atoms with Gasteiger partial charge in [0.2, 0.25) is 5.28 Å². The maximum Gasteiger partial charge on any atom is 0.410 e. The number of carbonyl (C=O) groups is 1. The fourth-order valence-corrected chi connectivity index (χ4v) is 3.22. The van der Waals surface area contributed by atoms with Gasteiger partial charge in [-0.2, -0.15) is 5.26 Å². The number of piperidine rings is 1. The number of halogens is 3. The van der Waals surface area contributed by atoms with Crippen LogP contribution >= 0.6 is 11.6 Å². The minimum atomic E-state index is -1.47. The van der Waals surface area contributed by atoms with Crippen LogP contribution < -0.4 is 4.74 Å². The van der Waals surface area contributed by atoms with Crippen LogP contribution in [0.3, 0.4) is 0 Å². The molecule has 31 heavy (non-hydrogen) atoms. The lowest BCUT2D eigenvalue weighted by atomic mass is 10.0. The molecule has 0 N–H and O–H groups in total. The average molecular weight is 451 g/mol. The van der Waals surface area contributed by atoms with Crippen molar-refractivity contribution in [3.8, 4) is 23.1 Å². The number of hydrogen-bond donors (Lipinski definition) is 0. The van der Waals surface area contributed by atoms with Crippen molar-refractivity contribution in [3.63, 3.8) is 0 Å². The number of ether oxygens (including phenoxy) is 2. The Bertz CT molecular complexity index is 1020.